The molecule has 4 unspecified atom stereocenters. The second-order valence-corrected chi connectivity index (χ2v) is 5.13. The minimum absolute atomic E-state index is 0.233. The highest BCUT2D eigenvalue weighted by Crippen LogP contribution is 2.29. The lowest BCUT2D eigenvalue weighted by Gasteiger charge is -2.17. The number of alkyl carbamates (subject to hydrolysis) is 1. The summed E-state index contributed by atoms with van der Waals surface area (Å²) in [5, 5.41) is 5.37. The standard InChI is InChI=1S/C14H18N2O6/c1-2-15-14(18)22-10-7-21-11-8(6-20-12(10)11)16-13(17)9-4-3-5-19-9/h3-5,8,10-12H,2,6-7H2,1H3,(H,15,18)(H,16,17). The summed E-state index contributed by atoms with van der Waals surface area (Å²) in [4.78, 5) is 23.5. The number of carbonyl (C=O) groups is 2. The van der Waals surface area contributed by atoms with Crippen LogP contribution in [0.4, 0.5) is 4.79 Å². The highest BCUT2D eigenvalue weighted by atomic mass is 16.6. The van der Waals surface area contributed by atoms with Crippen LogP contribution < -0.4 is 10.6 Å². The largest absolute Gasteiger partial charge is 0.459 e. The molecule has 2 fully saturated rings. The molecule has 0 spiro atoms. The van der Waals surface area contributed by atoms with E-state index in [4.69, 9.17) is 18.6 Å². The Bertz CT molecular complexity index is 531. The number of nitrogens with one attached hydrogen (secondary N) is 2. The molecule has 0 bridgehead atoms. The van der Waals surface area contributed by atoms with Crippen LogP contribution in [0.5, 0.6) is 0 Å². The van der Waals surface area contributed by atoms with E-state index in [1.54, 1.807) is 12.1 Å². The monoisotopic (exact) mass is 310 g/mol. The van der Waals surface area contributed by atoms with E-state index in [0.717, 1.165) is 0 Å². The summed E-state index contributed by atoms with van der Waals surface area (Å²) in [5.74, 6) is -0.0903. The van der Waals surface area contributed by atoms with E-state index in [1.165, 1.54) is 6.26 Å². The topological polar surface area (TPSA) is 99.0 Å². The first-order chi connectivity index (χ1) is 10.7. The highest BCUT2D eigenvalue weighted by Gasteiger charge is 2.50. The molecule has 22 heavy (non-hydrogen) atoms. The van der Waals surface area contributed by atoms with Gasteiger partial charge in [0.15, 0.2) is 11.9 Å². The van der Waals surface area contributed by atoms with Crippen molar-refractivity contribution in [2.45, 2.75) is 31.3 Å². The normalized spacial score (nSPS) is 29.9. The third kappa shape index (κ3) is 2.93. The van der Waals surface area contributed by atoms with Crippen molar-refractivity contribution in [3.8, 4) is 0 Å². The molecule has 0 aromatic carbocycles. The van der Waals surface area contributed by atoms with Crippen LogP contribution in [-0.2, 0) is 14.2 Å². The summed E-state index contributed by atoms with van der Waals surface area (Å²) in [6.07, 6.45) is -0.237. The predicted molar refractivity (Wildman–Crippen MR) is 73.4 cm³/mol. The molecular weight excluding hydrogens is 292 g/mol. The molecule has 2 N–H and O–H groups in total. The summed E-state index contributed by atoms with van der Waals surface area (Å²) in [7, 11) is 0. The van der Waals surface area contributed by atoms with Gasteiger partial charge in [-0.05, 0) is 19.1 Å². The second kappa shape index (κ2) is 6.37. The van der Waals surface area contributed by atoms with E-state index in [-0.39, 0.29) is 36.5 Å². The molecule has 0 saturated carbocycles. The van der Waals surface area contributed by atoms with Gasteiger partial charge in [-0.15, -0.1) is 0 Å². The maximum atomic E-state index is 12.0. The number of carbonyl (C=O) groups excluding carboxylic acids is 2. The molecule has 3 rings (SSSR count). The first-order valence-corrected chi connectivity index (χ1v) is 7.21. The zero-order valence-corrected chi connectivity index (χ0v) is 12.1. The third-order valence-electron chi connectivity index (χ3n) is 3.65. The Hall–Kier alpha value is -2.06. The van der Waals surface area contributed by atoms with Gasteiger partial charge in [0.25, 0.3) is 5.91 Å². The van der Waals surface area contributed by atoms with Crippen LogP contribution in [0.25, 0.3) is 0 Å². The van der Waals surface area contributed by atoms with E-state index < -0.39 is 12.2 Å². The van der Waals surface area contributed by atoms with Gasteiger partial charge in [-0.3, -0.25) is 4.79 Å². The molecule has 2 aliphatic rings. The Balaban J connectivity index is 1.56. The van der Waals surface area contributed by atoms with E-state index in [2.05, 4.69) is 10.6 Å². The van der Waals surface area contributed by atoms with Gasteiger partial charge in [0.05, 0.1) is 25.5 Å². The Morgan fingerprint density at radius 2 is 2.14 bits per heavy atom. The van der Waals surface area contributed by atoms with Crippen LogP contribution in [0.3, 0.4) is 0 Å². The fraction of sp³-hybridized carbons (Fsp3) is 0.571. The van der Waals surface area contributed by atoms with Crippen molar-refractivity contribution in [3.05, 3.63) is 24.2 Å². The van der Waals surface area contributed by atoms with Gasteiger partial charge < -0.3 is 29.3 Å². The van der Waals surface area contributed by atoms with Crippen molar-refractivity contribution in [2.24, 2.45) is 0 Å². The van der Waals surface area contributed by atoms with Gasteiger partial charge in [0.1, 0.15) is 12.2 Å². The first kappa shape index (κ1) is 14.9. The zero-order valence-electron chi connectivity index (χ0n) is 12.1. The molecular formula is C14H18N2O6. The van der Waals surface area contributed by atoms with Crippen molar-refractivity contribution in [2.75, 3.05) is 19.8 Å². The third-order valence-corrected chi connectivity index (χ3v) is 3.65. The molecule has 0 radical (unpaired) electrons. The average Bonchev–Trinajstić information content (AvgIpc) is 3.19. The number of ether oxygens (including phenoxy) is 3. The Morgan fingerprint density at radius 3 is 2.86 bits per heavy atom. The fourth-order valence-electron chi connectivity index (χ4n) is 2.66. The number of amides is 2. The number of hydrogen-bond donors (Lipinski definition) is 2. The maximum absolute atomic E-state index is 12.0. The van der Waals surface area contributed by atoms with Crippen molar-refractivity contribution >= 4 is 12.0 Å². The quantitative estimate of drug-likeness (QED) is 0.829. The Kier molecular flexibility index (Phi) is 4.30. The van der Waals surface area contributed by atoms with Crippen LogP contribution in [0.2, 0.25) is 0 Å². The lowest BCUT2D eigenvalue weighted by molar-refractivity contribution is 0.00406. The van der Waals surface area contributed by atoms with Gasteiger partial charge in [0.2, 0.25) is 0 Å². The molecule has 120 valence electrons. The second-order valence-electron chi connectivity index (χ2n) is 5.13. The molecule has 4 atom stereocenters. The van der Waals surface area contributed by atoms with Crippen LogP contribution >= 0.6 is 0 Å². The van der Waals surface area contributed by atoms with Gasteiger partial charge >= 0.3 is 6.09 Å². The van der Waals surface area contributed by atoms with Crippen LogP contribution in [-0.4, -0.2) is 56.1 Å². The summed E-state index contributed by atoms with van der Waals surface area (Å²) in [6.45, 7) is 2.85. The zero-order chi connectivity index (χ0) is 15.5. The molecule has 2 amide bonds. The van der Waals surface area contributed by atoms with Gasteiger partial charge in [-0.1, -0.05) is 0 Å². The van der Waals surface area contributed by atoms with Gasteiger partial charge in [-0.25, -0.2) is 4.79 Å². The molecule has 3 heterocycles. The van der Waals surface area contributed by atoms with Crippen LogP contribution in [0, 0.1) is 0 Å². The van der Waals surface area contributed by atoms with Crippen LogP contribution in [0.15, 0.2) is 22.8 Å². The Labute approximate surface area is 127 Å². The number of furan rings is 1. The molecule has 0 aliphatic carbocycles. The molecule has 1 aromatic rings. The van der Waals surface area contributed by atoms with Gasteiger partial charge in [0, 0.05) is 6.54 Å². The minimum atomic E-state index is -0.497. The molecule has 2 aliphatic heterocycles. The maximum Gasteiger partial charge on any atom is 0.407 e. The van der Waals surface area contributed by atoms with Crippen molar-refractivity contribution < 1.29 is 28.2 Å². The van der Waals surface area contributed by atoms with Crippen molar-refractivity contribution in [1.82, 2.24) is 10.6 Å². The smallest absolute Gasteiger partial charge is 0.407 e. The van der Waals surface area contributed by atoms with Gasteiger partial charge in [-0.2, -0.15) is 0 Å². The fourth-order valence-corrected chi connectivity index (χ4v) is 2.66. The lowest BCUT2D eigenvalue weighted by Crippen LogP contribution is -2.44. The predicted octanol–water partition coefficient (Wildman–Crippen LogP) is 0.290. The number of rotatable bonds is 4. The SMILES string of the molecule is CCNC(=O)OC1COC2C(NC(=O)c3ccco3)COC12. The van der Waals surface area contributed by atoms with Crippen molar-refractivity contribution in [3.63, 3.8) is 0 Å². The van der Waals surface area contributed by atoms with E-state index in [9.17, 15) is 9.59 Å². The number of fused-ring (bicyclic) bond motifs is 1. The first-order valence-electron chi connectivity index (χ1n) is 7.21. The summed E-state index contributed by atoms with van der Waals surface area (Å²) in [5.41, 5.74) is 0. The Morgan fingerprint density at radius 1 is 1.32 bits per heavy atom. The molecule has 8 nitrogen and oxygen atoms in total. The lowest BCUT2D eigenvalue weighted by atomic mass is 10.1. The minimum Gasteiger partial charge on any atom is -0.459 e. The highest BCUT2D eigenvalue weighted by molar-refractivity contribution is 5.91. The molecule has 2 saturated heterocycles. The summed E-state index contributed by atoms with van der Waals surface area (Å²) in [6, 6.07) is 2.93. The van der Waals surface area contributed by atoms with E-state index in [0.29, 0.717) is 13.2 Å². The van der Waals surface area contributed by atoms with E-state index >= 15 is 0 Å². The van der Waals surface area contributed by atoms with Crippen LogP contribution in [0.1, 0.15) is 17.5 Å². The summed E-state index contributed by atoms with van der Waals surface area (Å²) >= 11 is 0. The van der Waals surface area contributed by atoms with Crippen molar-refractivity contribution in [1.29, 1.82) is 0 Å². The average molecular weight is 310 g/mol. The van der Waals surface area contributed by atoms with E-state index in [1.807, 2.05) is 6.92 Å². The summed E-state index contributed by atoms with van der Waals surface area (Å²) < 4.78 is 21.6. The molecule has 1 aromatic heterocycles. The number of hydrogen-bond acceptors (Lipinski definition) is 6. The molecule has 8 heteroatoms.